The summed E-state index contributed by atoms with van der Waals surface area (Å²) in [6, 6.07) is 13.4. The molecule has 4 heterocycles. The molecule has 2 aromatic carbocycles. The van der Waals surface area contributed by atoms with Crippen LogP contribution in [0.4, 0.5) is 5.69 Å². The van der Waals surface area contributed by atoms with Crippen LogP contribution in [0.5, 0.6) is 11.5 Å². The number of furan rings is 1. The number of fused-ring (bicyclic) bond motifs is 2. The zero-order valence-electron chi connectivity index (χ0n) is 22.2. The number of esters is 1. The summed E-state index contributed by atoms with van der Waals surface area (Å²) in [5, 5.41) is 5.23. The predicted molar refractivity (Wildman–Crippen MR) is 146 cm³/mol. The number of methoxy groups -OCH3 is 2. The Hall–Kier alpha value is -4.47. The lowest BCUT2D eigenvalue weighted by molar-refractivity contribution is 0.0526. The van der Waals surface area contributed by atoms with Crippen LogP contribution in [-0.2, 0) is 15.9 Å². The Labute approximate surface area is 225 Å². The quantitative estimate of drug-likeness (QED) is 0.297. The van der Waals surface area contributed by atoms with Crippen molar-refractivity contribution in [2.45, 2.75) is 32.2 Å². The Bertz CT molecular complexity index is 1540. The van der Waals surface area contributed by atoms with Crippen LogP contribution in [0.15, 0.2) is 58.2 Å². The average Bonchev–Trinajstić information content (AvgIpc) is 3.74. The Morgan fingerprint density at radius 1 is 1.13 bits per heavy atom. The molecular weight excluding hydrogens is 500 g/mol. The van der Waals surface area contributed by atoms with E-state index in [4.69, 9.17) is 23.4 Å². The minimum Gasteiger partial charge on any atom is -0.496 e. The molecule has 10 heteroatoms. The molecule has 6 rings (SSSR count). The second-order valence-electron chi connectivity index (χ2n) is 9.48. The van der Waals surface area contributed by atoms with Gasteiger partial charge in [0.05, 0.1) is 50.4 Å². The van der Waals surface area contributed by atoms with Crippen molar-refractivity contribution >= 4 is 28.5 Å². The molecule has 10 nitrogen and oxygen atoms in total. The van der Waals surface area contributed by atoms with E-state index in [9.17, 15) is 4.79 Å². The number of hydrogen-bond donors (Lipinski definition) is 0. The van der Waals surface area contributed by atoms with Gasteiger partial charge in [-0.2, -0.15) is 0 Å². The highest BCUT2D eigenvalue weighted by Crippen LogP contribution is 2.37. The molecule has 2 aliphatic rings. The highest BCUT2D eigenvalue weighted by molar-refractivity contribution is 5.90. The summed E-state index contributed by atoms with van der Waals surface area (Å²) in [5.74, 6) is 3.09. The van der Waals surface area contributed by atoms with Gasteiger partial charge in [0.25, 0.3) is 0 Å². The summed E-state index contributed by atoms with van der Waals surface area (Å²) in [6.45, 7) is 3.58. The predicted octanol–water partition coefficient (Wildman–Crippen LogP) is 4.89. The maximum Gasteiger partial charge on any atom is 0.338 e. The van der Waals surface area contributed by atoms with Gasteiger partial charge in [-0.05, 0) is 50.1 Å². The molecule has 2 aliphatic heterocycles. The van der Waals surface area contributed by atoms with Crippen LogP contribution in [0.3, 0.4) is 0 Å². The van der Waals surface area contributed by atoms with Crippen LogP contribution in [0.1, 0.15) is 35.9 Å². The Morgan fingerprint density at radius 3 is 2.72 bits per heavy atom. The number of ether oxygens (including phenoxy) is 4. The third-order valence-corrected chi connectivity index (χ3v) is 7.10. The van der Waals surface area contributed by atoms with E-state index in [2.05, 4.69) is 15.0 Å². The molecule has 4 aromatic rings. The number of aromatic nitrogens is 2. The lowest BCUT2D eigenvalue weighted by atomic mass is 10.1. The number of nitrogens with zero attached hydrogens (tertiary/aromatic N) is 4. The fraction of sp³-hybridized carbons (Fsp3) is 0.345. The summed E-state index contributed by atoms with van der Waals surface area (Å²) in [5.41, 5.74) is 2.96. The first-order chi connectivity index (χ1) is 19.1. The van der Waals surface area contributed by atoms with Gasteiger partial charge in [0, 0.05) is 24.4 Å². The summed E-state index contributed by atoms with van der Waals surface area (Å²) in [7, 11) is 3.23. The Balaban J connectivity index is 1.22. The van der Waals surface area contributed by atoms with Gasteiger partial charge in [0.2, 0.25) is 5.90 Å². The minimum absolute atomic E-state index is 0.190. The molecule has 1 saturated heterocycles. The maximum atomic E-state index is 12.0. The third kappa shape index (κ3) is 4.78. The van der Waals surface area contributed by atoms with Gasteiger partial charge in [-0.3, -0.25) is 0 Å². The lowest BCUT2D eigenvalue weighted by Gasteiger charge is -2.27. The van der Waals surface area contributed by atoms with E-state index in [1.54, 1.807) is 25.8 Å². The van der Waals surface area contributed by atoms with Gasteiger partial charge < -0.3 is 28.3 Å². The van der Waals surface area contributed by atoms with E-state index in [-0.39, 0.29) is 12.0 Å². The second kappa shape index (κ2) is 10.4. The molecule has 2 aromatic heterocycles. The first-order valence-corrected chi connectivity index (χ1v) is 13.0. The molecule has 0 bridgehead atoms. The van der Waals surface area contributed by atoms with E-state index >= 15 is 0 Å². The van der Waals surface area contributed by atoms with Gasteiger partial charge in [-0.15, -0.1) is 5.10 Å². The van der Waals surface area contributed by atoms with Crippen molar-refractivity contribution in [3.05, 3.63) is 60.0 Å². The van der Waals surface area contributed by atoms with Gasteiger partial charge in [0.1, 0.15) is 35.2 Å². The molecule has 0 radical (unpaired) electrons. The molecule has 0 saturated carbocycles. The van der Waals surface area contributed by atoms with E-state index < -0.39 is 0 Å². The van der Waals surface area contributed by atoms with E-state index in [1.807, 2.05) is 48.7 Å². The zero-order valence-corrected chi connectivity index (χ0v) is 22.2. The average molecular weight is 531 g/mol. The highest BCUT2D eigenvalue weighted by atomic mass is 16.5. The van der Waals surface area contributed by atoms with Gasteiger partial charge in [-0.25, -0.2) is 14.5 Å². The largest absolute Gasteiger partial charge is 0.496 e. The third-order valence-electron chi connectivity index (χ3n) is 7.10. The van der Waals surface area contributed by atoms with E-state index in [0.717, 1.165) is 36.3 Å². The molecule has 0 amide bonds. The molecular formula is C29H30N4O6. The summed E-state index contributed by atoms with van der Waals surface area (Å²) >= 11 is 0. The second-order valence-corrected chi connectivity index (χ2v) is 9.48. The van der Waals surface area contributed by atoms with Gasteiger partial charge in [0.15, 0.2) is 5.76 Å². The molecule has 0 spiro atoms. The van der Waals surface area contributed by atoms with Crippen LogP contribution in [0.25, 0.3) is 22.4 Å². The monoisotopic (exact) mass is 530 g/mol. The van der Waals surface area contributed by atoms with Crippen molar-refractivity contribution in [3.63, 3.8) is 0 Å². The molecule has 0 unspecified atom stereocenters. The fourth-order valence-corrected chi connectivity index (χ4v) is 5.12. The van der Waals surface area contributed by atoms with E-state index in [0.29, 0.717) is 59.6 Å². The summed E-state index contributed by atoms with van der Waals surface area (Å²) < 4.78 is 30.2. The molecule has 202 valence electrons. The highest BCUT2D eigenvalue weighted by Gasteiger charge is 2.27. The van der Waals surface area contributed by atoms with Crippen LogP contribution in [0.2, 0.25) is 0 Å². The van der Waals surface area contributed by atoms with Crippen molar-refractivity contribution < 1.29 is 28.2 Å². The molecule has 1 fully saturated rings. The maximum absolute atomic E-state index is 12.0. The van der Waals surface area contributed by atoms with Gasteiger partial charge in [-0.1, -0.05) is 0 Å². The Morgan fingerprint density at radius 2 is 1.97 bits per heavy atom. The van der Waals surface area contributed by atoms with E-state index in [1.165, 1.54) is 0 Å². The standard InChI is InChI=1S/C29H30N4O6/c1-4-37-29(34)18-7-9-19(10-8-18)32-11-5-6-20(32)17-38-24-12-21(35-2)13-25-22(24)14-26(39-25)23-16-33-27(30-23)15-28(31-33)36-3/h7-10,12-14,16,20H,4-6,11,15,17H2,1-3H3/t20-/m1/s1. The number of anilines is 1. The smallest absolute Gasteiger partial charge is 0.338 e. The van der Waals surface area contributed by atoms with Crippen LogP contribution in [-0.4, -0.2) is 61.5 Å². The SMILES string of the molecule is CCOC(=O)c1ccc(N2CCC[C@@H]2COc2cc(OC)cc3oc(-c4cn5c(n4)CC(OC)=N5)cc23)cc1. The van der Waals surface area contributed by atoms with Crippen molar-refractivity contribution in [1.82, 2.24) is 9.66 Å². The van der Waals surface area contributed by atoms with Crippen molar-refractivity contribution in [3.8, 4) is 23.0 Å². The zero-order chi connectivity index (χ0) is 26.9. The minimum atomic E-state index is -0.306. The van der Waals surface area contributed by atoms with Crippen molar-refractivity contribution in [1.29, 1.82) is 0 Å². The first kappa shape index (κ1) is 24.8. The summed E-state index contributed by atoms with van der Waals surface area (Å²) in [4.78, 5) is 19.0. The molecule has 1 atom stereocenters. The molecule has 0 aliphatic carbocycles. The first-order valence-electron chi connectivity index (χ1n) is 13.0. The lowest BCUT2D eigenvalue weighted by Crippen LogP contribution is -2.34. The number of rotatable bonds is 8. The normalized spacial score (nSPS) is 16.3. The summed E-state index contributed by atoms with van der Waals surface area (Å²) in [6.07, 6.45) is 4.45. The number of carbonyl (C=O) groups excluding carboxylic acids is 1. The topological polar surface area (TPSA) is 101 Å². The number of hydrogen-bond acceptors (Lipinski definition) is 9. The number of imidazole rings is 1. The van der Waals surface area contributed by atoms with Crippen LogP contribution < -0.4 is 14.4 Å². The molecule has 0 N–H and O–H groups in total. The molecule has 39 heavy (non-hydrogen) atoms. The van der Waals surface area contributed by atoms with Gasteiger partial charge >= 0.3 is 5.97 Å². The van der Waals surface area contributed by atoms with Crippen LogP contribution in [0, 0.1) is 0 Å². The number of benzene rings is 2. The number of carbonyl (C=O) groups is 1. The van der Waals surface area contributed by atoms with Crippen molar-refractivity contribution in [2.24, 2.45) is 5.10 Å². The Kier molecular flexibility index (Phi) is 6.60. The van der Waals surface area contributed by atoms with Crippen LogP contribution >= 0.6 is 0 Å². The van der Waals surface area contributed by atoms with Crippen molar-refractivity contribution in [2.75, 3.05) is 38.9 Å². The fourth-order valence-electron chi connectivity index (χ4n) is 5.12.